The molecule has 104 valence electrons. The predicted octanol–water partition coefficient (Wildman–Crippen LogP) is 3.89. The molecular weight excluding hydrogens is 387 g/mol. The van der Waals surface area contributed by atoms with Gasteiger partial charge in [0.2, 0.25) is 0 Å². The van der Waals surface area contributed by atoms with Crippen LogP contribution in [-0.2, 0) is 12.4 Å². The minimum Gasteiger partial charge on any atom is -0.280 e. The molecule has 20 heavy (non-hydrogen) atoms. The molecule has 3 aromatic rings. The van der Waals surface area contributed by atoms with E-state index in [0.717, 1.165) is 34.9 Å². The van der Waals surface area contributed by atoms with Gasteiger partial charge in [0.1, 0.15) is 11.3 Å². The second kappa shape index (κ2) is 5.37. The van der Waals surface area contributed by atoms with Crippen molar-refractivity contribution in [3.8, 4) is 5.69 Å². The fourth-order valence-corrected chi connectivity index (χ4v) is 3.12. The summed E-state index contributed by atoms with van der Waals surface area (Å²) < 4.78 is 5.27. The summed E-state index contributed by atoms with van der Waals surface area (Å²) in [7, 11) is 0. The molecule has 4 nitrogen and oxygen atoms in total. The summed E-state index contributed by atoms with van der Waals surface area (Å²) in [6, 6.07) is 8.31. The minimum atomic E-state index is 0.378. The highest BCUT2D eigenvalue weighted by Gasteiger charge is 2.18. The first kappa shape index (κ1) is 13.9. The van der Waals surface area contributed by atoms with Crippen molar-refractivity contribution in [1.82, 2.24) is 19.3 Å². The van der Waals surface area contributed by atoms with E-state index < -0.39 is 0 Å². The van der Waals surface area contributed by atoms with Crippen LogP contribution < -0.4 is 0 Å². The summed E-state index contributed by atoms with van der Waals surface area (Å²) >= 11 is 8.40. The highest BCUT2D eigenvalue weighted by atomic mass is 127. The van der Waals surface area contributed by atoms with Gasteiger partial charge < -0.3 is 0 Å². The second-order valence-electron chi connectivity index (χ2n) is 4.55. The van der Waals surface area contributed by atoms with Crippen LogP contribution in [0.2, 0.25) is 0 Å². The van der Waals surface area contributed by atoms with Crippen molar-refractivity contribution >= 4 is 45.4 Å². The number of alkyl halides is 1. The molecule has 1 aromatic carbocycles. The SMILES string of the molecule is CCn1nc(C)c2nc(CCl)n(-c3cccc(I)c3)c21. The van der Waals surface area contributed by atoms with E-state index >= 15 is 0 Å². The zero-order chi connectivity index (χ0) is 14.3. The van der Waals surface area contributed by atoms with E-state index in [1.54, 1.807) is 0 Å². The Morgan fingerprint density at radius 1 is 1.35 bits per heavy atom. The predicted molar refractivity (Wildman–Crippen MR) is 89.5 cm³/mol. The summed E-state index contributed by atoms with van der Waals surface area (Å²) in [5.74, 6) is 1.23. The van der Waals surface area contributed by atoms with Crippen LogP contribution in [0.1, 0.15) is 18.4 Å². The number of hydrogen-bond donors (Lipinski definition) is 0. The fourth-order valence-electron chi connectivity index (χ4n) is 2.41. The summed E-state index contributed by atoms with van der Waals surface area (Å²) in [6.45, 7) is 4.87. The fraction of sp³-hybridized carbons (Fsp3) is 0.286. The van der Waals surface area contributed by atoms with Crippen LogP contribution in [0.15, 0.2) is 24.3 Å². The molecule has 3 rings (SSSR count). The van der Waals surface area contributed by atoms with Crippen molar-refractivity contribution in [2.75, 3.05) is 0 Å². The Morgan fingerprint density at radius 2 is 2.15 bits per heavy atom. The van der Waals surface area contributed by atoms with Gasteiger partial charge in [0.05, 0.1) is 11.6 Å². The average molecular weight is 401 g/mol. The van der Waals surface area contributed by atoms with Gasteiger partial charge in [-0.15, -0.1) is 11.6 Å². The molecule has 0 N–H and O–H groups in total. The number of aromatic nitrogens is 4. The quantitative estimate of drug-likeness (QED) is 0.494. The molecule has 0 aliphatic carbocycles. The maximum absolute atomic E-state index is 6.08. The molecule has 2 aromatic heterocycles. The lowest BCUT2D eigenvalue weighted by atomic mass is 10.3. The van der Waals surface area contributed by atoms with Crippen molar-refractivity contribution < 1.29 is 0 Å². The van der Waals surface area contributed by atoms with Crippen LogP contribution in [-0.4, -0.2) is 19.3 Å². The van der Waals surface area contributed by atoms with Crippen LogP contribution in [0.25, 0.3) is 16.9 Å². The number of fused-ring (bicyclic) bond motifs is 1. The van der Waals surface area contributed by atoms with Gasteiger partial charge in [-0.3, -0.25) is 4.57 Å². The first-order valence-electron chi connectivity index (χ1n) is 6.42. The third-order valence-corrected chi connectivity index (χ3v) is 4.18. The standard InChI is InChI=1S/C14H14ClIN4/c1-3-19-14-13(9(2)18-19)17-12(8-15)20(14)11-6-4-5-10(16)7-11/h4-7H,3,8H2,1-2H3. The first-order valence-corrected chi connectivity index (χ1v) is 8.03. The van der Waals surface area contributed by atoms with E-state index in [0.29, 0.717) is 5.88 Å². The zero-order valence-electron chi connectivity index (χ0n) is 11.3. The number of nitrogens with zero attached hydrogens (tertiary/aromatic N) is 4. The van der Waals surface area contributed by atoms with E-state index in [1.165, 1.54) is 3.57 Å². The monoisotopic (exact) mass is 400 g/mol. The molecule has 0 bridgehead atoms. The van der Waals surface area contributed by atoms with Gasteiger partial charge in [0, 0.05) is 15.8 Å². The molecule has 0 aliphatic heterocycles. The van der Waals surface area contributed by atoms with E-state index in [-0.39, 0.29) is 0 Å². The van der Waals surface area contributed by atoms with Crippen molar-refractivity contribution in [2.24, 2.45) is 0 Å². The lowest BCUT2D eigenvalue weighted by Gasteiger charge is -2.09. The molecule has 0 fully saturated rings. The largest absolute Gasteiger partial charge is 0.280 e. The normalized spacial score (nSPS) is 11.4. The van der Waals surface area contributed by atoms with Crippen LogP contribution in [0.4, 0.5) is 0 Å². The number of rotatable bonds is 3. The first-order chi connectivity index (χ1) is 9.65. The smallest absolute Gasteiger partial charge is 0.163 e. The lowest BCUT2D eigenvalue weighted by molar-refractivity contribution is 0.660. The maximum atomic E-state index is 6.08. The Labute approximate surface area is 135 Å². The zero-order valence-corrected chi connectivity index (χ0v) is 14.2. The van der Waals surface area contributed by atoms with Crippen molar-refractivity contribution in [3.05, 3.63) is 39.4 Å². The number of halogens is 2. The topological polar surface area (TPSA) is 35.6 Å². The molecule has 0 radical (unpaired) electrons. The van der Waals surface area contributed by atoms with Crippen molar-refractivity contribution in [3.63, 3.8) is 0 Å². The molecule has 0 atom stereocenters. The summed E-state index contributed by atoms with van der Waals surface area (Å²) in [5.41, 5.74) is 3.96. The number of benzene rings is 1. The molecule has 0 aliphatic rings. The van der Waals surface area contributed by atoms with Crippen LogP contribution in [0.5, 0.6) is 0 Å². The third kappa shape index (κ3) is 2.13. The van der Waals surface area contributed by atoms with Gasteiger partial charge in [-0.2, -0.15) is 5.10 Å². The molecule has 6 heteroatoms. The van der Waals surface area contributed by atoms with E-state index in [1.807, 2.05) is 17.7 Å². The maximum Gasteiger partial charge on any atom is 0.163 e. The van der Waals surface area contributed by atoms with Crippen LogP contribution in [0, 0.1) is 10.5 Å². The van der Waals surface area contributed by atoms with Gasteiger partial charge in [0.25, 0.3) is 0 Å². The van der Waals surface area contributed by atoms with Crippen molar-refractivity contribution in [1.29, 1.82) is 0 Å². The van der Waals surface area contributed by atoms with E-state index in [9.17, 15) is 0 Å². The van der Waals surface area contributed by atoms with Gasteiger partial charge in [-0.05, 0) is 54.6 Å². The third-order valence-electron chi connectivity index (χ3n) is 3.27. The molecule has 0 spiro atoms. The molecule has 0 saturated heterocycles. The Hall–Kier alpha value is -1.08. The number of aryl methyl sites for hydroxylation is 2. The highest BCUT2D eigenvalue weighted by molar-refractivity contribution is 14.1. The highest BCUT2D eigenvalue weighted by Crippen LogP contribution is 2.25. The molecular formula is C14H14ClIN4. The Morgan fingerprint density at radius 3 is 2.80 bits per heavy atom. The summed E-state index contributed by atoms with van der Waals surface area (Å²) in [5, 5.41) is 4.54. The Bertz CT molecular complexity index is 775. The summed E-state index contributed by atoms with van der Waals surface area (Å²) in [4.78, 5) is 4.65. The number of imidazole rings is 1. The molecule has 0 unspecified atom stereocenters. The van der Waals surface area contributed by atoms with Crippen molar-refractivity contribution in [2.45, 2.75) is 26.3 Å². The van der Waals surface area contributed by atoms with Gasteiger partial charge in [0.15, 0.2) is 5.65 Å². The Balaban J connectivity index is 2.37. The second-order valence-corrected chi connectivity index (χ2v) is 6.06. The number of hydrogen-bond acceptors (Lipinski definition) is 2. The lowest BCUT2D eigenvalue weighted by Crippen LogP contribution is -2.06. The Kier molecular flexibility index (Phi) is 3.72. The summed E-state index contributed by atoms with van der Waals surface area (Å²) in [6.07, 6.45) is 0. The van der Waals surface area contributed by atoms with Crippen LogP contribution >= 0.6 is 34.2 Å². The van der Waals surface area contributed by atoms with Gasteiger partial charge >= 0.3 is 0 Å². The van der Waals surface area contributed by atoms with E-state index in [2.05, 4.69) is 62.4 Å². The van der Waals surface area contributed by atoms with E-state index in [4.69, 9.17) is 11.6 Å². The average Bonchev–Trinajstić information content (AvgIpc) is 2.96. The van der Waals surface area contributed by atoms with Gasteiger partial charge in [-0.1, -0.05) is 6.07 Å². The van der Waals surface area contributed by atoms with Crippen LogP contribution in [0.3, 0.4) is 0 Å². The molecule has 0 amide bonds. The molecule has 0 saturated carbocycles. The molecule has 2 heterocycles. The minimum absolute atomic E-state index is 0.378. The van der Waals surface area contributed by atoms with Gasteiger partial charge in [-0.25, -0.2) is 9.67 Å².